The third kappa shape index (κ3) is 7.72. The number of benzene rings is 2. The van der Waals surface area contributed by atoms with Crippen molar-refractivity contribution < 1.29 is 18.8 Å². The molecule has 2 aromatic carbocycles. The van der Waals surface area contributed by atoms with E-state index < -0.39 is 10.7 Å². The fourth-order valence-corrected chi connectivity index (χ4v) is 6.92. The lowest BCUT2D eigenvalue weighted by molar-refractivity contribution is -0.385. The smallest absolute Gasteiger partial charge is 0.272 e. The highest BCUT2D eigenvalue weighted by Gasteiger charge is 2.30. The van der Waals surface area contributed by atoms with Crippen LogP contribution in [0.4, 0.5) is 21.6 Å². The number of aromatic nitrogens is 2. The molecule has 3 aliphatic rings. The Hall–Kier alpha value is -4.54. The third-order valence-electron chi connectivity index (χ3n) is 9.36. The van der Waals surface area contributed by atoms with Crippen molar-refractivity contribution in [1.82, 2.24) is 20.4 Å². The second-order valence-corrected chi connectivity index (χ2v) is 12.6. The SMILES string of the molecule is N#Cc1ccc(OC2CCC(NC(=O)c3ccc(N4CCC(N5CCN(c6ccc([N+](=O)[O-])cc6F)CC5)CC4)nn3)CC2)cc1Cl. The van der Waals surface area contributed by atoms with Crippen molar-refractivity contribution in [3.63, 3.8) is 0 Å². The number of anilines is 2. The Morgan fingerprint density at radius 3 is 2.32 bits per heavy atom. The summed E-state index contributed by atoms with van der Waals surface area (Å²) in [4.78, 5) is 29.8. The lowest BCUT2D eigenvalue weighted by Crippen LogP contribution is -2.53. The number of nitro groups is 1. The van der Waals surface area contributed by atoms with Crippen LogP contribution in [0, 0.1) is 27.3 Å². The lowest BCUT2D eigenvalue weighted by Gasteiger charge is -2.43. The summed E-state index contributed by atoms with van der Waals surface area (Å²) in [6.07, 6.45) is 5.08. The standard InChI is InChI=1S/C33H36ClFN8O4/c34-28-20-27(5-1-22(28)21-36)47-26-6-2-23(3-7-26)37-33(44)30-8-10-32(39-38-30)42-13-11-24(12-14-42)40-15-17-41(18-16-40)31-9-4-25(43(45)46)19-29(31)35/h1,4-5,8-10,19-20,23-24,26H,2-3,6-7,11-18H2,(H,37,44). The topological polar surface area (TPSA) is 141 Å². The minimum atomic E-state index is -0.586. The molecule has 0 atom stereocenters. The first kappa shape index (κ1) is 32.4. The van der Waals surface area contributed by atoms with Gasteiger partial charge < -0.3 is 19.9 Å². The Bertz CT molecular complexity index is 1630. The van der Waals surface area contributed by atoms with Crippen molar-refractivity contribution in [2.75, 3.05) is 49.1 Å². The molecule has 1 saturated carbocycles. The summed E-state index contributed by atoms with van der Waals surface area (Å²) in [5.41, 5.74) is 0.867. The van der Waals surface area contributed by atoms with Crippen molar-refractivity contribution in [1.29, 1.82) is 5.26 Å². The number of nitriles is 1. The Labute approximate surface area is 277 Å². The first-order valence-corrected chi connectivity index (χ1v) is 16.3. The maximum atomic E-state index is 14.5. The van der Waals surface area contributed by atoms with Gasteiger partial charge in [-0.05, 0) is 68.9 Å². The monoisotopic (exact) mass is 662 g/mol. The number of nitro benzene ring substituents is 1. The van der Waals surface area contributed by atoms with Gasteiger partial charge in [0.15, 0.2) is 17.3 Å². The number of carbonyl (C=O) groups excluding carboxylic acids is 1. The zero-order valence-electron chi connectivity index (χ0n) is 25.9. The van der Waals surface area contributed by atoms with Gasteiger partial charge in [0.2, 0.25) is 0 Å². The highest BCUT2D eigenvalue weighted by Crippen LogP contribution is 2.29. The number of piperazine rings is 1. The van der Waals surface area contributed by atoms with Crippen LogP contribution >= 0.6 is 11.6 Å². The van der Waals surface area contributed by atoms with Crippen LogP contribution in [0.3, 0.4) is 0 Å². The van der Waals surface area contributed by atoms with Gasteiger partial charge in [-0.15, -0.1) is 10.2 Å². The Morgan fingerprint density at radius 1 is 0.957 bits per heavy atom. The molecule has 12 nitrogen and oxygen atoms in total. The van der Waals surface area contributed by atoms with Gasteiger partial charge >= 0.3 is 0 Å². The average molecular weight is 663 g/mol. The summed E-state index contributed by atoms with van der Waals surface area (Å²) in [6.45, 7) is 4.56. The predicted octanol–water partition coefficient (Wildman–Crippen LogP) is 4.96. The van der Waals surface area contributed by atoms with Crippen molar-refractivity contribution in [3.8, 4) is 11.8 Å². The first-order valence-electron chi connectivity index (χ1n) is 16.0. The minimum Gasteiger partial charge on any atom is -0.490 e. The maximum Gasteiger partial charge on any atom is 0.272 e. The number of nitrogens with one attached hydrogen (secondary N) is 1. The van der Waals surface area contributed by atoms with Crippen LogP contribution in [0.25, 0.3) is 0 Å². The highest BCUT2D eigenvalue weighted by molar-refractivity contribution is 6.31. The van der Waals surface area contributed by atoms with E-state index in [4.69, 9.17) is 21.6 Å². The molecule has 0 unspecified atom stereocenters. The molecule has 0 radical (unpaired) electrons. The number of ether oxygens (including phenoxy) is 1. The van der Waals surface area contributed by atoms with Crippen LogP contribution in [0.15, 0.2) is 48.5 Å². The van der Waals surface area contributed by atoms with Crippen LogP contribution < -0.4 is 19.9 Å². The molecule has 1 N–H and O–H groups in total. The molecular formula is C33H36ClFN8O4. The molecule has 3 heterocycles. The molecule has 3 aromatic rings. The third-order valence-corrected chi connectivity index (χ3v) is 9.67. The van der Waals surface area contributed by atoms with Crippen molar-refractivity contribution in [2.45, 2.75) is 56.7 Å². The number of non-ortho nitro benzene ring substituents is 1. The molecule has 0 bridgehead atoms. The van der Waals surface area contributed by atoms with E-state index in [1.807, 2.05) is 17.0 Å². The van der Waals surface area contributed by atoms with Gasteiger partial charge in [0, 0.05) is 63.5 Å². The second kappa shape index (κ2) is 14.5. The fraction of sp³-hybridized carbons (Fsp3) is 0.455. The largest absolute Gasteiger partial charge is 0.490 e. The molecule has 246 valence electrons. The molecule has 6 rings (SSSR count). The molecule has 0 spiro atoms. The maximum absolute atomic E-state index is 14.5. The Balaban J connectivity index is 0.920. The van der Waals surface area contributed by atoms with Crippen LogP contribution in [-0.4, -0.2) is 83.4 Å². The average Bonchev–Trinajstić information content (AvgIpc) is 3.09. The molecule has 3 fully saturated rings. The van der Waals surface area contributed by atoms with E-state index >= 15 is 0 Å². The number of hydrogen-bond acceptors (Lipinski definition) is 10. The van der Waals surface area contributed by atoms with E-state index in [1.165, 1.54) is 12.1 Å². The molecule has 2 saturated heterocycles. The summed E-state index contributed by atoms with van der Waals surface area (Å²) in [5.74, 6) is 0.586. The minimum absolute atomic E-state index is 0.0203. The molecular weight excluding hydrogens is 627 g/mol. The number of carbonyl (C=O) groups is 1. The Morgan fingerprint density at radius 2 is 1.70 bits per heavy atom. The van der Waals surface area contributed by atoms with Gasteiger partial charge in [0.1, 0.15) is 11.8 Å². The predicted molar refractivity (Wildman–Crippen MR) is 174 cm³/mol. The number of amides is 1. The van der Waals surface area contributed by atoms with E-state index in [0.29, 0.717) is 41.2 Å². The molecule has 1 amide bonds. The number of piperidine rings is 1. The van der Waals surface area contributed by atoms with Crippen LogP contribution in [0.2, 0.25) is 5.02 Å². The van der Waals surface area contributed by atoms with Gasteiger partial charge in [0.05, 0.1) is 33.4 Å². The van der Waals surface area contributed by atoms with E-state index in [1.54, 1.807) is 24.3 Å². The van der Waals surface area contributed by atoms with E-state index in [2.05, 4.69) is 25.3 Å². The fourth-order valence-electron chi connectivity index (χ4n) is 6.71. The summed E-state index contributed by atoms with van der Waals surface area (Å²) in [7, 11) is 0. The zero-order valence-corrected chi connectivity index (χ0v) is 26.6. The number of rotatable bonds is 8. The molecule has 47 heavy (non-hydrogen) atoms. The van der Waals surface area contributed by atoms with Gasteiger partial charge in [0.25, 0.3) is 11.6 Å². The van der Waals surface area contributed by atoms with Crippen LogP contribution in [0.5, 0.6) is 5.75 Å². The Kier molecular flexibility index (Phi) is 9.98. The lowest BCUT2D eigenvalue weighted by atomic mass is 9.93. The molecule has 2 aliphatic heterocycles. The molecule has 1 aliphatic carbocycles. The van der Waals surface area contributed by atoms with Crippen molar-refractivity contribution >= 4 is 34.7 Å². The van der Waals surface area contributed by atoms with Gasteiger partial charge in [-0.2, -0.15) is 5.26 Å². The summed E-state index contributed by atoms with van der Waals surface area (Å²) in [6, 6.07) is 15.0. The first-order chi connectivity index (χ1) is 22.8. The van der Waals surface area contributed by atoms with Crippen LogP contribution in [-0.2, 0) is 0 Å². The highest BCUT2D eigenvalue weighted by atomic mass is 35.5. The van der Waals surface area contributed by atoms with Crippen LogP contribution in [0.1, 0.15) is 54.6 Å². The molecule has 1 aromatic heterocycles. The number of nitrogens with zero attached hydrogens (tertiary/aromatic N) is 7. The normalized spacial score (nSPS) is 20.8. The van der Waals surface area contributed by atoms with Crippen molar-refractivity contribution in [2.24, 2.45) is 0 Å². The summed E-state index contributed by atoms with van der Waals surface area (Å²) >= 11 is 6.12. The van der Waals surface area contributed by atoms with E-state index in [-0.39, 0.29) is 29.4 Å². The molecule has 14 heteroatoms. The summed E-state index contributed by atoms with van der Waals surface area (Å²) < 4.78 is 20.6. The second-order valence-electron chi connectivity index (χ2n) is 12.2. The quantitative estimate of drug-likeness (QED) is 0.260. The van der Waals surface area contributed by atoms with Gasteiger partial charge in [-0.1, -0.05) is 11.6 Å². The van der Waals surface area contributed by atoms with Crippen molar-refractivity contribution in [3.05, 3.63) is 80.7 Å². The van der Waals surface area contributed by atoms with E-state index in [0.717, 1.165) is 76.6 Å². The number of halogens is 2. The van der Waals surface area contributed by atoms with E-state index in [9.17, 15) is 19.3 Å². The summed E-state index contributed by atoms with van der Waals surface area (Å²) in [5, 5.41) is 32.0. The number of hydrogen-bond donors (Lipinski definition) is 1. The van der Waals surface area contributed by atoms with Gasteiger partial charge in [-0.3, -0.25) is 19.8 Å². The zero-order chi connectivity index (χ0) is 32.9. The van der Waals surface area contributed by atoms with Gasteiger partial charge in [-0.25, -0.2) is 4.39 Å².